The van der Waals surface area contributed by atoms with Crippen molar-refractivity contribution in [1.82, 2.24) is 14.8 Å². The Balaban J connectivity index is 1.66. The zero-order valence-corrected chi connectivity index (χ0v) is 17.5. The van der Waals surface area contributed by atoms with Gasteiger partial charge < -0.3 is 15.2 Å². The number of aromatic nitrogens is 3. The van der Waals surface area contributed by atoms with Crippen LogP contribution in [0.1, 0.15) is 61.6 Å². The summed E-state index contributed by atoms with van der Waals surface area (Å²) in [7, 11) is 0. The number of amides is 1. The van der Waals surface area contributed by atoms with Crippen LogP contribution < -0.4 is 5.32 Å². The zero-order chi connectivity index (χ0) is 22.2. The first-order valence-corrected chi connectivity index (χ1v) is 10.4. The van der Waals surface area contributed by atoms with Gasteiger partial charge in [-0.05, 0) is 63.8 Å². The average Bonchev–Trinajstić information content (AvgIpc) is 3.16. The van der Waals surface area contributed by atoms with Crippen LogP contribution in [0.15, 0.2) is 36.7 Å². The molecule has 0 radical (unpaired) electrons. The van der Waals surface area contributed by atoms with E-state index in [9.17, 15) is 19.1 Å². The number of halogens is 1. The fraction of sp³-hybridized carbons (Fsp3) is 0.391. The van der Waals surface area contributed by atoms with Gasteiger partial charge in [0.2, 0.25) is 0 Å². The summed E-state index contributed by atoms with van der Waals surface area (Å²) in [5, 5.41) is 19.0. The number of anilines is 1. The standard InChI is InChI=1S/C23H25FN4O3/c1-23(2,31)18-10-20-15(12-28(27-20)17-6-3-14(13-29)4-7-17)9-21(18)26-22(30)19-8-5-16(24)11-25-19/h5,8-14,17,31H,3-4,6-7H2,1-2H3,(H,26,30)/t14-,17-. The van der Waals surface area contributed by atoms with E-state index in [4.69, 9.17) is 5.10 Å². The van der Waals surface area contributed by atoms with E-state index in [1.165, 1.54) is 12.1 Å². The molecule has 0 atom stereocenters. The first-order valence-electron chi connectivity index (χ1n) is 10.4. The summed E-state index contributed by atoms with van der Waals surface area (Å²) in [5.41, 5.74) is 0.530. The highest BCUT2D eigenvalue weighted by molar-refractivity contribution is 6.04. The molecule has 0 bridgehead atoms. The van der Waals surface area contributed by atoms with E-state index in [-0.39, 0.29) is 17.7 Å². The minimum Gasteiger partial charge on any atom is -0.386 e. The fourth-order valence-corrected chi connectivity index (χ4v) is 4.09. The quantitative estimate of drug-likeness (QED) is 0.604. The van der Waals surface area contributed by atoms with E-state index in [0.29, 0.717) is 16.8 Å². The van der Waals surface area contributed by atoms with Crippen LogP contribution >= 0.6 is 0 Å². The average molecular weight is 424 g/mol. The van der Waals surface area contributed by atoms with Gasteiger partial charge in [-0.2, -0.15) is 5.10 Å². The van der Waals surface area contributed by atoms with Gasteiger partial charge in [0, 0.05) is 28.8 Å². The van der Waals surface area contributed by atoms with Crippen LogP contribution in [-0.2, 0) is 10.4 Å². The molecule has 7 nitrogen and oxygen atoms in total. The number of nitrogens with zero attached hydrogens (tertiary/aromatic N) is 3. The van der Waals surface area contributed by atoms with Gasteiger partial charge in [0.25, 0.3) is 5.91 Å². The summed E-state index contributed by atoms with van der Waals surface area (Å²) in [6.45, 7) is 3.27. The first kappa shape index (κ1) is 21.1. The summed E-state index contributed by atoms with van der Waals surface area (Å²) >= 11 is 0. The number of nitrogens with one attached hydrogen (secondary N) is 1. The minimum atomic E-state index is -1.22. The highest BCUT2D eigenvalue weighted by Crippen LogP contribution is 2.35. The van der Waals surface area contributed by atoms with Crippen molar-refractivity contribution in [2.45, 2.75) is 51.2 Å². The lowest BCUT2D eigenvalue weighted by atomic mass is 9.87. The number of carbonyl (C=O) groups excluding carboxylic acids is 2. The normalized spacial score (nSPS) is 19.4. The molecule has 31 heavy (non-hydrogen) atoms. The molecule has 2 N–H and O–H groups in total. The molecule has 0 aliphatic heterocycles. The van der Waals surface area contributed by atoms with E-state index in [1.54, 1.807) is 26.0 Å². The third-order valence-corrected chi connectivity index (χ3v) is 5.84. The fourth-order valence-electron chi connectivity index (χ4n) is 4.09. The smallest absolute Gasteiger partial charge is 0.274 e. The molecule has 1 aliphatic carbocycles. The Morgan fingerprint density at radius 2 is 2.00 bits per heavy atom. The molecule has 0 saturated heterocycles. The predicted molar refractivity (Wildman–Crippen MR) is 114 cm³/mol. The first-order chi connectivity index (χ1) is 14.7. The van der Waals surface area contributed by atoms with E-state index < -0.39 is 17.3 Å². The molecule has 0 unspecified atom stereocenters. The Morgan fingerprint density at radius 3 is 2.61 bits per heavy atom. The van der Waals surface area contributed by atoms with Crippen molar-refractivity contribution in [2.75, 3.05) is 5.32 Å². The van der Waals surface area contributed by atoms with Crippen LogP contribution in [0.2, 0.25) is 0 Å². The van der Waals surface area contributed by atoms with Crippen LogP contribution in [0.3, 0.4) is 0 Å². The zero-order valence-electron chi connectivity index (χ0n) is 17.5. The highest BCUT2D eigenvalue weighted by Gasteiger charge is 2.26. The summed E-state index contributed by atoms with van der Waals surface area (Å²) in [6.07, 6.45) is 7.43. The molecule has 1 fully saturated rings. The van der Waals surface area contributed by atoms with E-state index >= 15 is 0 Å². The second-order valence-electron chi connectivity index (χ2n) is 8.65. The van der Waals surface area contributed by atoms with Crippen molar-refractivity contribution in [1.29, 1.82) is 0 Å². The molecule has 1 aliphatic rings. The van der Waals surface area contributed by atoms with Crippen LogP contribution in [0, 0.1) is 11.7 Å². The third-order valence-electron chi connectivity index (χ3n) is 5.84. The summed E-state index contributed by atoms with van der Waals surface area (Å²) in [6, 6.07) is 6.25. The maximum absolute atomic E-state index is 13.1. The van der Waals surface area contributed by atoms with Crippen LogP contribution in [0.25, 0.3) is 10.9 Å². The number of carbonyl (C=O) groups is 2. The third kappa shape index (κ3) is 4.49. The number of hydrogen-bond donors (Lipinski definition) is 2. The molecular formula is C23H25FN4O3. The molecule has 8 heteroatoms. The van der Waals surface area contributed by atoms with Crippen molar-refractivity contribution in [3.63, 3.8) is 0 Å². The highest BCUT2D eigenvalue weighted by atomic mass is 19.1. The van der Waals surface area contributed by atoms with Crippen molar-refractivity contribution >= 4 is 28.8 Å². The number of benzene rings is 1. The Labute approximate surface area is 179 Å². The second-order valence-corrected chi connectivity index (χ2v) is 8.65. The lowest BCUT2D eigenvalue weighted by Crippen LogP contribution is -2.21. The lowest BCUT2D eigenvalue weighted by Gasteiger charge is -2.25. The molecule has 1 aromatic carbocycles. The van der Waals surface area contributed by atoms with Gasteiger partial charge in [-0.1, -0.05) is 0 Å². The summed E-state index contributed by atoms with van der Waals surface area (Å²) in [4.78, 5) is 27.5. The lowest BCUT2D eigenvalue weighted by molar-refractivity contribution is -0.112. The Bertz CT molecular complexity index is 1110. The van der Waals surface area contributed by atoms with Gasteiger partial charge in [0.05, 0.1) is 23.4 Å². The summed E-state index contributed by atoms with van der Waals surface area (Å²) < 4.78 is 15.0. The molecule has 1 amide bonds. The van der Waals surface area contributed by atoms with E-state index in [1.807, 2.05) is 10.9 Å². The molecule has 2 aromatic heterocycles. The van der Waals surface area contributed by atoms with E-state index in [2.05, 4.69) is 10.3 Å². The molecule has 1 saturated carbocycles. The van der Waals surface area contributed by atoms with Gasteiger partial charge >= 0.3 is 0 Å². The van der Waals surface area contributed by atoms with Gasteiger partial charge in [-0.15, -0.1) is 0 Å². The number of fused-ring (bicyclic) bond motifs is 1. The Hall–Kier alpha value is -3.13. The molecular weight excluding hydrogens is 399 g/mol. The van der Waals surface area contributed by atoms with Crippen molar-refractivity contribution in [3.05, 3.63) is 53.7 Å². The summed E-state index contributed by atoms with van der Waals surface area (Å²) in [5.74, 6) is -0.890. The molecule has 162 valence electrons. The molecule has 3 aromatic rings. The predicted octanol–water partition coefficient (Wildman–Crippen LogP) is 3.98. The SMILES string of the molecule is CC(C)(O)c1cc2nn([C@H]3CC[C@H](C=O)CC3)cc2cc1NC(=O)c1ccc(F)cn1. The number of hydrogen-bond acceptors (Lipinski definition) is 5. The van der Waals surface area contributed by atoms with Gasteiger partial charge in [0.15, 0.2) is 0 Å². The molecule has 4 rings (SSSR count). The van der Waals surface area contributed by atoms with Crippen molar-refractivity contribution < 1.29 is 19.1 Å². The van der Waals surface area contributed by atoms with Gasteiger partial charge in [0.1, 0.15) is 17.8 Å². The molecule has 2 heterocycles. The maximum Gasteiger partial charge on any atom is 0.274 e. The van der Waals surface area contributed by atoms with Crippen LogP contribution in [0.5, 0.6) is 0 Å². The minimum absolute atomic E-state index is 0.0748. The van der Waals surface area contributed by atoms with Crippen LogP contribution in [0.4, 0.5) is 10.1 Å². The second kappa shape index (κ2) is 8.19. The maximum atomic E-state index is 13.1. The number of aldehydes is 1. The number of rotatable bonds is 5. The monoisotopic (exact) mass is 424 g/mol. The van der Waals surface area contributed by atoms with Gasteiger partial charge in [-0.25, -0.2) is 9.37 Å². The topological polar surface area (TPSA) is 97.1 Å². The van der Waals surface area contributed by atoms with Crippen LogP contribution in [-0.4, -0.2) is 32.1 Å². The van der Waals surface area contributed by atoms with E-state index in [0.717, 1.165) is 43.6 Å². The Morgan fingerprint density at radius 1 is 1.26 bits per heavy atom. The molecule has 0 spiro atoms. The largest absolute Gasteiger partial charge is 0.386 e. The Kier molecular flexibility index (Phi) is 5.58. The number of pyridine rings is 1. The van der Waals surface area contributed by atoms with Crippen molar-refractivity contribution in [2.24, 2.45) is 5.92 Å². The van der Waals surface area contributed by atoms with Gasteiger partial charge in [-0.3, -0.25) is 9.48 Å². The number of aliphatic hydroxyl groups is 1. The van der Waals surface area contributed by atoms with Crippen molar-refractivity contribution in [3.8, 4) is 0 Å².